The van der Waals surface area contributed by atoms with E-state index in [1.54, 1.807) is 0 Å². The van der Waals surface area contributed by atoms with Crippen molar-refractivity contribution in [1.82, 2.24) is 4.90 Å². The Morgan fingerprint density at radius 2 is 1.08 bits per heavy atom. The van der Waals surface area contributed by atoms with Gasteiger partial charge in [-0.3, -0.25) is 0 Å². The summed E-state index contributed by atoms with van der Waals surface area (Å²) in [5.41, 5.74) is 1.02. The molecule has 36 heavy (non-hydrogen) atoms. The Hall–Kier alpha value is -3.42. The number of nitrogens with zero attached hydrogens (tertiary/aromatic N) is 1. The van der Waals surface area contributed by atoms with Gasteiger partial charge in [0.15, 0.2) is 0 Å². The zero-order valence-corrected chi connectivity index (χ0v) is 21.6. The minimum atomic E-state index is -2.25. The first kappa shape index (κ1) is 24.3. The van der Waals surface area contributed by atoms with Gasteiger partial charge in [-0.25, -0.2) is 0 Å². The van der Waals surface area contributed by atoms with E-state index in [2.05, 4.69) is 91.0 Å². The summed E-state index contributed by atoms with van der Waals surface area (Å²) in [5.74, 6) is 0.551. The van der Waals surface area contributed by atoms with Crippen molar-refractivity contribution in [2.24, 2.45) is 5.92 Å². The quantitative estimate of drug-likeness (QED) is 0.305. The molecule has 0 N–H and O–H groups in total. The fourth-order valence-electron chi connectivity index (χ4n) is 5.58. The van der Waals surface area contributed by atoms with Crippen LogP contribution in [0.15, 0.2) is 121 Å². The van der Waals surface area contributed by atoms with Gasteiger partial charge in [0.05, 0.1) is 0 Å². The monoisotopic (exact) mass is 495 g/mol. The summed E-state index contributed by atoms with van der Waals surface area (Å²) >= 11 is 0. The van der Waals surface area contributed by atoms with Crippen molar-refractivity contribution in [2.45, 2.75) is 19.4 Å². The standard InChI is InChI=1S/C32H34NO2P/c34-32(35-25-27-13-5-1-6-14-27)33-23-21-28(22-24-33)26-36(29-15-7-2-8-16-29,30-17-9-3-10-18-30)31-19-11-4-12-20-31/h1-20,28,36H,21-26H2. The molecule has 0 saturated carbocycles. The Balaban J connectivity index is 1.36. The van der Waals surface area contributed by atoms with Crippen LogP contribution < -0.4 is 15.9 Å². The van der Waals surface area contributed by atoms with Gasteiger partial charge in [-0.05, 0) is 0 Å². The zero-order chi connectivity index (χ0) is 24.6. The molecule has 5 rings (SSSR count). The van der Waals surface area contributed by atoms with E-state index in [9.17, 15) is 4.79 Å². The molecule has 0 radical (unpaired) electrons. The number of carbonyl (C=O) groups is 1. The zero-order valence-electron chi connectivity index (χ0n) is 20.6. The van der Waals surface area contributed by atoms with E-state index in [4.69, 9.17) is 4.74 Å². The number of likely N-dealkylation sites (tertiary alicyclic amines) is 1. The maximum absolute atomic E-state index is 12.7. The first-order valence-corrected chi connectivity index (χ1v) is 15.1. The molecule has 1 fully saturated rings. The van der Waals surface area contributed by atoms with Gasteiger partial charge in [0.25, 0.3) is 0 Å². The Kier molecular flexibility index (Phi) is 7.79. The number of hydrogen-bond acceptors (Lipinski definition) is 2. The first-order chi connectivity index (χ1) is 17.8. The molecule has 1 aliphatic heterocycles. The predicted octanol–water partition coefficient (Wildman–Crippen LogP) is 5.76. The van der Waals surface area contributed by atoms with Crippen molar-refractivity contribution in [3.63, 3.8) is 0 Å². The molecular weight excluding hydrogens is 461 g/mol. The Morgan fingerprint density at radius 3 is 1.53 bits per heavy atom. The molecule has 1 saturated heterocycles. The van der Waals surface area contributed by atoms with E-state index in [0.717, 1.165) is 37.7 Å². The summed E-state index contributed by atoms with van der Waals surface area (Å²) in [4.78, 5) is 14.6. The van der Waals surface area contributed by atoms with Crippen LogP contribution in [0, 0.1) is 5.92 Å². The summed E-state index contributed by atoms with van der Waals surface area (Å²) in [6.45, 7) is 1.83. The Bertz CT molecular complexity index is 1130. The van der Waals surface area contributed by atoms with Crippen LogP contribution in [0.5, 0.6) is 0 Å². The molecule has 0 aliphatic carbocycles. The van der Waals surface area contributed by atoms with Gasteiger partial charge in [-0.1, -0.05) is 0 Å². The molecule has 1 amide bonds. The van der Waals surface area contributed by atoms with Gasteiger partial charge in [-0.15, -0.1) is 0 Å². The predicted molar refractivity (Wildman–Crippen MR) is 152 cm³/mol. The van der Waals surface area contributed by atoms with E-state index in [0.29, 0.717) is 12.5 Å². The van der Waals surface area contributed by atoms with Crippen LogP contribution in [0.4, 0.5) is 4.79 Å². The van der Waals surface area contributed by atoms with Crippen LogP contribution in [0.3, 0.4) is 0 Å². The molecular formula is C32H34NO2P. The van der Waals surface area contributed by atoms with Crippen molar-refractivity contribution < 1.29 is 9.53 Å². The van der Waals surface area contributed by atoms with Gasteiger partial charge in [0, 0.05) is 0 Å². The second-order valence-electron chi connectivity index (χ2n) is 9.68. The van der Waals surface area contributed by atoms with E-state index >= 15 is 0 Å². The third kappa shape index (κ3) is 5.37. The fraction of sp³-hybridized carbons (Fsp3) is 0.219. The number of amides is 1. The summed E-state index contributed by atoms with van der Waals surface area (Å²) in [6, 6.07) is 43.2. The van der Waals surface area contributed by atoms with Crippen molar-refractivity contribution in [1.29, 1.82) is 0 Å². The van der Waals surface area contributed by atoms with Gasteiger partial charge in [0.1, 0.15) is 0 Å². The molecule has 0 unspecified atom stereocenters. The first-order valence-electron chi connectivity index (χ1n) is 12.9. The minimum absolute atomic E-state index is 0.199. The molecule has 0 aromatic heterocycles. The van der Waals surface area contributed by atoms with Gasteiger partial charge >= 0.3 is 215 Å². The van der Waals surface area contributed by atoms with Gasteiger partial charge in [0.2, 0.25) is 0 Å². The van der Waals surface area contributed by atoms with Crippen molar-refractivity contribution >= 4 is 29.3 Å². The van der Waals surface area contributed by atoms with Crippen LogP contribution >= 0.6 is 7.26 Å². The fourth-order valence-corrected chi connectivity index (χ4v) is 10.9. The van der Waals surface area contributed by atoms with Crippen LogP contribution in [-0.4, -0.2) is 30.2 Å². The number of piperidine rings is 1. The average Bonchev–Trinajstić information content (AvgIpc) is 2.97. The molecule has 0 atom stereocenters. The number of benzene rings is 4. The van der Waals surface area contributed by atoms with Crippen molar-refractivity contribution in [2.75, 3.05) is 19.3 Å². The SMILES string of the molecule is O=C(OCc1ccccc1)N1CCC(C[PH](c2ccccc2)(c2ccccc2)c2ccccc2)CC1. The Morgan fingerprint density at radius 1 is 0.667 bits per heavy atom. The summed E-state index contributed by atoms with van der Waals surface area (Å²) < 4.78 is 5.61. The number of rotatable bonds is 7. The van der Waals surface area contributed by atoms with Gasteiger partial charge in [-0.2, -0.15) is 0 Å². The van der Waals surface area contributed by atoms with Gasteiger partial charge < -0.3 is 0 Å². The van der Waals surface area contributed by atoms with Crippen LogP contribution in [0.25, 0.3) is 0 Å². The molecule has 4 heteroatoms. The summed E-state index contributed by atoms with van der Waals surface area (Å²) in [7, 11) is -2.25. The normalized spacial score (nSPS) is 14.8. The molecule has 1 heterocycles. The average molecular weight is 496 g/mol. The van der Waals surface area contributed by atoms with Crippen molar-refractivity contribution in [3.8, 4) is 0 Å². The molecule has 1 aliphatic rings. The topological polar surface area (TPSA) is 29.5 Å². The number of hydrogen-bond donors (Lipinski definition) is 0. The molecule has 3 nitrogen and oxygen atoms in total. The molecule has 0 bridgehead atoms. The van der Waals surface area contributed by atoms with Crippen LogP contribution in [0.2, 0.25) is 0 Å². The summed E-state index contributed by atoms with van der Waals surface area (Å²) in [5, 5.41) is 4.35. The van der Waals surface area contributed by atoms with E-state index in [1.807, 2.05) is 35.2 Å². The number of ether oxygens (including phenoxy) is 1. The molecule has 0 spiro atoms. The van der Waals surface area contributed by atoms with E-state index in [1.165, 1.54) is 15.9 Å². The second kappa shape index (κ2) is 11.5. The Labute approximate surface area is 215 Å². The van der Waals surface area contributed by atoms with E-state index < -0.39 is 7.26 Å². The third-order valence-corrected chi connectivity index (χ3v) is 12.6. The summed E-state index contributed by atoms with van der Waals surface area (Å²) in [6.07, 6.45) is 2.94. The van der Waals surface area contributed by atoms with E-state index in [-0.39, 0.29) is 6.09 Å². The van der Waals surface area contributed by atoms with Crippen molar-refractivity contribution in [3.05, 3.63) is 127 Å². The van der Waals surface area contributed by atoms with Crippen LogP contribution in [-0.2, 0) is 11.3 Å². The molecule has 184 valence electrons. The second-order valence-corrected chi connectivity index (χ2v) is 13.6. The maximum atomic E-state index is 12.7. The number of carbonyl (C=O) groups excluding carboxylic acids is 1. The molecule has 4 aromatic rings. The third-order valence-electron chi connectivity index (χ3n) is 7.47. The molecule has 4 aromatic carbocycles. The van der Waals surface area contributed by atoms with Crippen LogP contribution in [0.1, 0.15) is 18.4 Å².